The van der Waals surface area contributed by atoms with Gasteiger partial charge < -0.3 is 9.47 Å². The first-order chi connectivity index (χ1) is 10.2. The van der Waals surface area contributed by atoms with Crippen LogP contribution in [-0.4, -0.2) is 25.0 Å². The number of hydrogen-bond donors (Lipinski definition) is 0. The number of ketones is 1. The first kappa shape index (κ1) is 15.0. The average Bonchev–Trinajstić information content (AvgIpc) is 2.54. The maximum atomic E-state index is 12.0. The van der Waals surface area contributed by atoms with Gasteiger partial charge in [-0.25, -0.2) is 4.98 Å². The first-order valence-corrected chi connectivity index (χ1v) is 6.85. The number of Topliss-reactive ketones (excluding diaryl/α,β-unsaturated/α-hetero) is 1. The van der Waals surface area contributed by atoms with E-state index in [1.54, 1.807) is 26.5 Å². The van der Waals surface area contributed by atoms with E-state index in [9.17, 15) is 4.79 Å². The fraction of sp³-hybridized carbons (Fsp3) is 0.294. The second kappa shape index (κ2) is 7.43. The monoisotopic (exact) mass is 285 g/mol. The van der Waals surface area contributed by atoms with E-state index in [0.29, 0.717) is 18.7 Å². The summed E-state index contributed by atoms with van der Waals surface area (Å²) in [4.78, 5) is 16.1. The van der Waals surface area contributed by atoms with Gasteiger partial charge in [-0.1, -0.05) is 18.2 Å². The Morgan fingerprint density at radius 3 is 2.29 bits per heavy atom. The molecule has 2 aromatic rings. The quantitative estimate of drug-likeness (QED) is 0.785. The van der Waals surface area contributed by atoms with E-state index in [0.717, 1.165) is 23.3 Å². The van der Waals surface area contributed by atoms with E-state index in [4.69, 9.17) is 9.47 Å². The van der Waals surface area contributed by atoms with Gasteiger partial charge in [0.25, 0.3) is 0 Å². The molecule has 0 spiro atoms. The van der Waals surface area contributed by atoms with Gasteiger partial charge in [0.05, 0.1) is 14.2 Å². The number of benzene rings is 1. The lowest BCUT2D eigenvalue weighted by Gasteiger charge is -2.04. The molecule has 1 heterocycles. The number of rotatable bonds is 7. The van der Waals surface area contributed by atoms with Crippen LogP contribution in [-0.2, 0) is 17.6 Å². The number of methoxy groups -OCH3 is 2. The summed E-state index contributed by atoms with van der Waals surface area (Å²) in [5.41, 5.74) is 2.05. The highest BCUT2D eigenvalue weighted by Gasteiger charge is 2.05. The molecule has 4 heteroatoms. The van der Waals surface area contributed by atoms with Crippen molar-refractivity contribution in [1.82, 2.24) is 4.98 Å². The Morgan fingerprint density at radius 1 is 1.00 bits per heavy atom. The third kappa shape index (κ3) is 4.60. The van der Waals surface area contributed by atoms with Gasteiger partial charge >= 0.3 is 0 Å². The van der Waals surface area contributed by atoms with E-state index in [-0.39, 0.29) is 5.78 Å². The smallest absolute Gasteiger partial charge is 0.212 e. The molecule has 0 radical (unpaired) electrons. The third-order valence-corrected chi connectivity index (χ3v) is 3.26. The van der Waals surface area contributed by atoms with E-state index in [1.165, 1.54) is 0 Å². The number of hydrogen-bond acceptors (Lipinski definition) is 4. The van der Waals surface area contributed by atoms with Crippen molar-refractivity contribution in [1.29, 1.82) is 0 Å². The molecule has 2 rings (SSSR count). The van der Waals surface area contributed by atoms with Crippen molar-refractivity contribution < 1.29 is 14.3 Å². The zero-order chi connectivity index (χ0) is 15.1. The van der Waals surface area contributed by atoms with Crippen molar-refractivity contribution in [2.24, 2.45) is 0 Å². The van der Waals surface area contributed by atoms with Gasteiger partial charge in [0, 0.05) is 25.1 Å². The van der Waals surface area contributed by atoms with Crippen LogP contribution in [0.2, 0.25) is 0 Å². The normalized spacial score (nSPS) is 10.2. The summed E-state index contributed by atoms with van der Waals surface area (Å²) in [6.45, 7) is 0. The minimum absolute atomic E-state index is 0.206. The molecule has 1 aromatic heterocycles. The molecule has 0 aliphatic heterocycles. The van der Waals surface area contributed by atoms with Crippen LogP contribution in [0.15, 0.2) is 42.6 Å². The van der Waals surface area contributed by atoms with Gasteiger partial charge in [-0.05, 0) is 29.7 Å². The van der Waals surface area contributed by atoms with Crippen LogP contribution >= 0.6 is 0 Å². The molecule has 0 aliphatic carbocycles. The minimum Gasteiger partial charge on any atom is -0.497 e. The fourth-order valence-electron chi connectivity index (χ4n) is 2.03. The molecule has 0 atom stereocenters. The van der Waals surface area contributed by atoms with Crippen molar-refractivity contribution in [2.75, 3.05) is 14.2 Å². The van der Waals surface area contributed by atoms with Crippen LogP contribution in [0.5, 0.6) is 11.6 Å². The summed E-state index contributed by atoms with van der Waals surface area (Å²) in [6, 6.07) is 11.4. The van der Waals surface area contributed by atoms with Crippen molar-refractivity contribution in [3.63, 3.8) is 0 Å². The molecule has 21 heavy (non-hydrogen) atoms. The summed E-state index contributed by atoms with van der Waals surface area (Å²) in [6.07, 6.45) is 3.36. The number of aromatic nitrogens is 1. The maximum absolute atomic E-state index is 12.0. The van der Waals surface area contributed by atoms with E-state index < -0.39 is 0 Å². The highest BCUT2D eigenvalue weighted by molar-refractivity contribution is 5.81. The number of pyridine rings is 1. The molecule has 0 unspecified atom stereocenters. The van der Waals surface area contributed by atoms with Gasteiger partial charge in [-0.15, -0.1) is 0 Å². The third-order valence-electron chi connectivity index (χ3n) is 3.26. The van der Waals surface area contributed by atoms with Gasteiger partial charge in [-0.3, -0.25) is 4.79 Å². The molecule has 1 aromatic carbocycles. The lowest BCUT2D eigenvalue weighted by atomic mass is 10.0. The van der Waals surface area contributed by atoms with E-state index in [2.05, 4.69) is 4.98 Å². The summed E-state index contributed by atoms with van der Waals surface area (Å²) in [5, 5.41) is 0. The van der Waals surface area contributed by atoms with E-state index in [1.807, 2.05) is 30.3 Å². The summed E-state index contributed by atoms with van der Waals surface area (Å²) >= 11 is 0. The lowest BCUT2D eigenvalue weighted by molar-refractivity contribution is -0.118. The Balaban J connectivity index is 1.83. The Morgan fingerprint density at radius 2 is 1.71 bits per heavy atom. The van der Waals surface area contributed by atoms with Crippen LogP contribution in [0.4, 0.5) is 0 Å². The number of aryl methyl sites for hydroxylation is 1. The molecule has 0 N–H and O–H groups in total. The first-order valence-electron chi connectivity index (χ1n) is 6.85. The Bertz CT molecular complexity index is 576. The molecular weight excluding hydrogens is 266 g/mol. The highest BCUT2D eigenvalue weighted by atomic mass is 16.5. The Hall–Kier alpha value is -2.36. The molecule has 0 saturated carbocycles. The van der Waals surface area contributed by atoms with Gasteiger partial charge in [0.1, 0.15) is 11.5 Å². The number of carbonyl (C=O) groups excluding carboxylic acids is 1. The van der Waals surface area contributed by atoms with Gasteiger partial charge in [0.2, 0.25) is 5.88 Å². The number of ether oxygens (including phenoxy) is 2. The number of nitrogens with zero attached hydrogens (tertiary/aromatic N) is 1. The largest absolute Gasteiger partial charge is 0.497 e. The summed E-state index contributed by atoms with van der Waals surface area (Å²) < 4.78 is 10.1. The van der Waals surface area contributed by atoms with Gasteiger partial charge in [-0.2, -0.15) is 0 Å². The molecule has 0 aliphatic rings. The Labute approximate surface area is 124 Å². The molecule has 0 amide bonds. The molecule has 110 valence electrons. The van der Waals surface area contributed by atoms with Crippen LogP contribution in [0.25, 0.3) is 0 Å². The fourth-order valence-corrected chi connectivity index (χ4v) is 2.03. The van der Waals surface area contributed by atoms with Crippen LogP contribution in [0.1, 0.15) is 17.5 Å². The second-order valence-electron chi connectivity index (χ2n) is 4.77. The molecule has 0 fully saturated rings. The van der Waals surface area contributed by atoms with Crippen molar-refractivity contribution >= 4 is 5.78 Å². The van der Waals surface area contributed by atoms with Gasteiger partial charge in [0.15, 0.2) is 0 Å². The standard InChI is InChI=1S/C17H19NO3/c1-20-16-8-4-13(5-9-16)3-7-15(19)11-14-6-10-17(21-2)18-12-14/h4-6,8-10,12H,3,7,11H2,1-2H3. The second-order valence-corrected chi connectivity index (χ2v) is 4.77. The van der Waals surface area contributed by atoms with Crippen molar-refractivity contribution in [3.8, 4) is 11.6 Å². The maximum Gasteiger partial charge on any atom is 0.212 e. The zero-order valence-corrected chi connectivity index (χ0v) is 12.3. The molecular formula is C17H19NO3. The van der Waals surface area contributed by atoms with Crippen molar-refractivity contribution in [3.05, 3.63) is 53.7 Å². The van der Waals surface area contributed by atoms with Crippen molar-refractivity contribution in [2.45, 2.75) is 19.3 Å². The average molecular weight is 285 g/mol. The predicted octanol–water partition coefficient (Wildman–Crippen LogP) is 2.84. The minimum atomic E-state index is 0.206. The topological polar surface area (TPSA) is 48.4 Å². The summed E-state index contributed by atoms with van der Waals surface area (Å²) in [5.74, 6) is 1.59. The molecule has 0 saturated heterocycles. The zero-order valence-electron chi connectivity index (χ0n) is 12.3. The van der Waals surface area contributed by atoms with E-state index >= 15 is 0 Å². The molecule has 0 bridgehead atoms. The number of carbonyl (C=O) groups is 1. The molecule has 4 nitrogen and oxygen atoms in total. The van der Waals surface area contributed by atoms with Crippen LogP contribution in [0.3, 0.4) is 0 Å². The van der Waals surface area contributed by atoms with Crippen LogP contribution < -0.4 is 9.47 Å². The summed E-state index contributed by atoms with van der Waals surface area (Å²) in [7, 11) is 3.21. The lowest BCUT2D eigenvalue weighted by Crippen LogP contribution is -2.04. The highest BCUT2D eigenvalue weighted by Crippen LogP contribution is 2.13. The van der Waals surface area contributed by atoms with Crippen LogP contribution in [0, 0.1) is 0 Å². The Kier molecular flexibility index (Phi) is 5.32. The SMILES string of the molecule is COc1ccc(CCC(=O)Cc2ccc(OC)nc2)cc1. The predicted molar refractivity (Wildman–Crippen MR) is 80.8 cm³/mol.